The van der Waals surface area contributed by atoms with E-state index in [0.717, 1.165) is 12.3 Å². The second-order valence-electron chi connectivity index (χ2n) is 5.94. The van der Waals surface area contributed by atoms with Crippen LogP contribution < -0.4 is 5.73 Å². The molecular weight excluding hydrogens is 278 g/mol. The van der Waals surface area contributed by atoms with Gasteiger partial charge in [-0.15, -0.1) is 0 Å². The van der Waals surface area contributed by atoms with Crippen LogP contribution in [0.25, 0.3) is 0 Å². The van der Waals surface area contributed by atoms with E-state index in [-0.39, 0.29) is 17.2 Å². The molecule has 0 aromatic carbocycles. The summed E-state index contributed by atoms with van der Waals surface area (Å²) in [5.41, 5.74) is 6.02. The van der Waals surface area contributed by atoms with Crippen molar-refractivity contribution in [3.05, 3.63) is 24.6 Å². The van der Waals surface area contributed by atoms with E-state index in [1.807, 2.05) is 6.92 Å². The highest BCUT2D eigenvalue weighted by atomic mass is 16.4. The number of carboxylic acid groups (broad SMARTS) is 1. The van der Waals surface area contributed by atoms with Gasteiger partial charge in [0.05, 0.1) is 12.6 Å². The number of allylic oxidation sites excluding steroid dienone is 1. The van der Waals surface area contributed by atoms with Crippen molar-refractivity contribution in [2.45, 2.75) is 65.0 Å². The van der Waals surface area contributed by atoms with Gasteiger partial charge in [-0.1, -0.05) is 44.8 Å². The van der Waals surface area contributed by atoms with Gasteiger partial charge in [0.15, 0.2) is 6.54 Å². The number of carboxylic acids is 1. The number of quaternary nitrogens is 1. The van der Waals surface area contributed by atoms with Gasteiger partial charge in [-0.25, -0.2) is 14.3 Å². The van der Waals surface area contributed by atoms with Gasteiger partial charge in [-0.3, -0.25) is 5.73 Å². The second-order valence-corrected chi connectivity index (χ2v) is 5.94. The van der Waals surface area contributed by atoms with E-state index >= 15 is 0 Å². The Morgan fingerprint density at radius 1 is 1.36 bits per heavy atom. The Bertz CT molecular complexity index is 441. The average Bonchev–Trinajstić information content (AvgIpc) is 2.85. The minimum atomic E-state index is -0.864. The zero-order valence-electron chi connectivity index (χ0n) is 13.9. The largest absolute Gasteiger partial charge is 0.477 e. The number of rotatable bonds is 11. The number of aliphatic imine (C=N–C) groups is 1. The molecule has 0 aromatic rings. The molecule has 0 aliphatic carbocycles. The summed E-state index contributed by atoms with van der Waals surface area (Å²) in [4.78, 5) is 15.5. The van der Waals surface area contributed by atoms with Crippen LogP contribution in [0, 0.1) is 0 Å². The summed E-state index contributed by atoms with van der Waals surface area (Å²) in [5, 5.41) is 9.14. The maximum Gasteiger partial charge on any atom is 0.360 e. The molecule has 0 saturated carbocycles. The van der Waals surface area contributed by atoms with Crippen LogP contribution in [0.1, 0.15) is 58.8 Å². The monoisotopic (exact) mass is 308 g/mol. The molecule has 5 heteroatoms. The van der Waals surface area contributed by atoms with E-state index in [4.69, 9.17) is 10.8 Å². The smallest absolute Gasteiger partial charge is 0.360 e. The summed E-state index contributed by atoms with van der Waals surface area (Å²) >= 11 is 0. The van der Waals surface area contributed by atoms with Crippen molar-refractivity contribution in [3.63, 3.8) is 0 Å². The van der Waals surface area contributed by atoms with Gasteiger partial charge in [0.2, 0.25) is 5.84 Å². The quantitative estimate of drug-likeness (QED) is 0.349. The molecule has 22 heavy (non-hydrogen) atoms. The van der Waals surface area contributed by atoms with Crippen LogP contribution in [0.15, 0.2) is 29.5 Å². The third kappa shape index (κ3) is 5.39. The summed E-state index contributed by atoms with van der Waals surface area (Å²) in [6.07, 6.45) is 15.5. The van der Waals surface area contributed by atoms with E-state index in [1.165, 1.54) is 32.1 Å². The number of nitrogens with two attached hydrogens (primary N) is 1. The van der Waals surface area contributed by atoms with Crippen LogP contribution in [0.5, 0.6) is 0 Å². The minimum Gasteiger partial charge on any atom is -0.477 e. The Morgan fingerprint density at radius 3 is 2.73 bits per heavy atom. The van der Waals surface area contributed by atoms with Crippen molar-refractivity contribution in [2.24, 2.45) is 10.7 Å². The first-order valence-electron chi connectivity index (χ1n) is 8.27. The molecule has 0 saturated heterocycles. The molecular formula is C17H30N3O2+. The lowest BCUT2D eigenvalue weighted by atomic mass is 10.1. The highest BCUT2D eigenvalue weighted by Gasteiger charge is 2.40. The third-order valence-corrected chi connectivity index (χ3v) is 4.10. The standard InChI is InChI=1S/C17H29N3O2/c1-3-4-5-6-7-8-9-10-11-16-19-12-13-20(16,15(2)18)14-17(21)22/h9-10,12-13,15H,3-8,11,14,18H2,1-2H3/p+1/b10-9+. The molecule has 0 amide bonds. The fourth-order valence-corrected chi connectivity index (χ4v) is 2.71. The number of hydrogen-bond donors (Lipinski definition) is 2. The lowest BCUT2D eigenvalue weighted by molar-refractivity contribution is -0.805. The Hall–Kier alpha value is -1.46. The fraction of sp³-hybridized carbons (Fsp3) is 0.647. The van der Waals surface area contributed by atoms with Gasteiger partial charge in [-0.05, 0) is 12.8 Å². The Kier molecular flexibility index (Phi) is 8.06. The zero-order chi connectivity index (χ0) is 16.4. The van der Waals surface area contributed by atoms with Gasteiger partial charge in [0.25, 0.3) is 0 Å². The summed E-state index contributed by atoms with van der Waals surface area (Å²) in [7, 11) is 0. The number of aliphatic carboxylic acids is 1. The van der Waals surface area contributed by atoms with Gasteiger partial charge < -0.3 is 5.11 Å². The molecule has 2 atom stereocenters. The van der Waals surface area contributed by atoms with Gasteiger partial charge in [0, 0.05) is 6.92 Å². The van der Waals surface area contributed by atoms with E-state index < -0.39 is 5.97 Å². The van der Waals surface area contributed by atoms with Crippen molar-refractivity contribution in [1.29, 1.82) is 0 Å². The number of carbonyl (C=O) groups is 1. The highest BCUT2D eigenvalue weighted by molar-refractivity contribution is 5.82. The van der Waals surface area contributed by atoms with Crippen LogP contribution in [0.4, 0.5) is 0 Å². The van der Waals surface area contributed by atoms with Crippen LogP contribution in [-0.4, -0.2) is 34.1 Å². The molecule has 124 valence electrons. The highest BCUT2D eigenvalue weighted by Crippen LogP contribution is 2.22. The summed E-state index contributed by atoms with van der Waals surface area (Å²) in [6, 6.07) is 0. The first-order valence-corrected chi connectivity index (χ1v) is 8.27. The van der Waals surface area contributed by atoms with Crippen molar-refractivity contribution >= 4 is 11.8 Å². The molecule has 1 heterocycles. The van der Waals surface area contributed by atoms with E-state index in [2.05, 4.69) is 24.1 Å². The Labute approximate surface area is 133 Å². The molecule has 2 unspecified atom stereocenters. The van der Waals surface area contributed by atoms with Gasteiger partial charge >= 0.3 is 5.97 Å². The fourth-order valence-electron chi connectivity index (χ4n) is 2.71. The third-order valence-electron chi connectivity index (χ3n) is 4.10. The zero-order valence-corrected chi connectivity index (χ0v) is 13.9. The molecule has 0 bridgehead atoms. The van der Waals surface area contributed by atoms with Crippen molar-refractivity contribution in [3.8, 4) is 0 Å². The number of unbranched alkanes of at least 4 members (excludes halogenated alkanes) is 5. The summed E-state index contributed by atoms with van der Waals surface area (Å²) < 4.78 is 0.121. The lowest BCUT2D eigenvalue weighted by Gasteiger charge is -2.34. The van der Waals surface area contributed by atoms with Gasteiger partial charge in [0.1, 0.15) is 12.4 Å². The van der Waals surface area contributed by atoms with E-state index in [1.54, 1.807) is 12.4 Å². The van der Waals surface area contributed by atoms with E-state index in [0.29, 0.717) is 6.42 Å². The van der Waals surface area contributed by atoms with Crippen molar-refractivity contribution < 1.29 is 14.4 Å². The molecule has 0 fully saturated rings. The summed E-state index contributed by atoms with van der Waals surface area (Å²) in [5.74, 6) is -0.0592. The van der Waals surface area contributed by atoms with E-state index in [9.17, 15) is 4.79 Å². The normalized spacial score (nSPS) is 22.2. The van der Waals surface area contributed by atoms with Crippen LogP contribution in [-0.2, 0) is 4.79 Å². The molecule has 0 spiro atoms. The van der Waals surface area contributed by atoms with Crippen molar-refractivity contribution in [2.75, 3.05) is 6.54 Å². The molecule has 1 aliphatic rings. The van der Waals surface area contributed by atoms with Crippen LogP contribution in [0.2, 0.25) is 0 Å². The Balaban J connectivity index is 2.45. The Morgan fingerprint density at radius 2 is 2.09 bits per heavy atom. The van der Waals surface area contributed by atoms with Gasteiger partial charge in [-0.2, -0.15) is 0 Å². The van der Waals surface area contributed by atoms with Crippen LogP contribution >= 0.6 is 0 Å². The summed E-state index contributed by atoms with van der Waals surface area (Å²) in [6.45, 7) is 3.99. The predicted molar refractivity (Wildman–Crippen MR) is 90.1 cm³/mol. The maximum absolute atomic E-state index is 11.1. The maximum atomic E-state index is 11.1. The predicted octanol–water partition coefficient (Wildman–Crippen LogP) is 3.38. The first kappa shape index (κ1) is 18.6. The molecule has 0 aromatic heterocycles. The minimum absolute atomic E-state index is 0.0577. The topological polar surface area (TPSA) is 75.7 Å². The second kappa shape index (κ2) is 9.54. The lowest BCUT2D eigenvalue weighted by Crippen LogP contribution is -2.58. The molecule has 1 aliphatic heterocycles. The number of nitrogens with zero attached hydrogens (tertiary/aromatic N) is 2. The first-order chi connectivity index (χ1) is 10.5. The van der Waals surface area contributed by atoms with Crippen molar-refractivity contribution in [1.82, 2.24) is 0 Å². The number of amidine groups is 1. The molecule has 0 radical (unpaired) electrons. The number of hydrogen-bond acceptors (Lipinski definition) is 3. The molecule has 1 rings (SSSR count). The van der Waals surface area contributed by atoms with Crippen LogP contribution in [0.3, 0.4) is 0 Å². The average molecular weight is 308 g/mol. The molecule has 5 nitrogen and oxygen atoms in total. The SMILES string of the molecule is CCCCCCC/C=C/CC1=NC=C[N+]1(CC(=O)O)C(C)N. The molecule has 3 N–H and O–H groups in total.